The number of aliphatic hydroxyl groups is 1. The molecule has 1 aromatic rings. The second-order valence-corrected chi connectivity index (χ2v) is 7.00. The Kier molecular flexibility index (Phi) is 7.21. The molecule has 5 nitrogen and oxygen atoms in total. The fourth-order valence-electron chi connectivity index (χ4n) is 3.42. The van der Waals surface area contributed by atoms with Crippen LogP contribution < -0.4 is 0 Å². The summed E-state index contributed by atoms with van der Waals surface area (Å²) in [4.78, 5) is 17.8. The maximum absolute atomic E-state index is 11.4. The van der Waals surface area contributed by atoms with Crippen molar-refractivity contribution in [3.63, 3.8) is 0 Å². The van der Waals surface area contributed by atoms with Gasteiger partial charge in [0.05, 0.1) is 6.10 Å². The number of hydrogen-bond donors (Lipinski definition) is 1. The molecule has 1 aliphatic heterocycles. The third kappa shape index (κ3) is 5.89. The zero-order chi connectivity index (χ0) is 17.5. The Morgan fingerprint density at radius 3 is 2.46 bits per heavy atom. The maximum atomic E-state index is 11.4. The van der Waals surface area contributed by atoms with Crippen molar-refractivity contribution in [1.29, 1.82) is 0 Å². The number of β-amino-alcohol motifs (C(OH)–C–C–N with tert-alkyl or cyclic N) is 1. The van der Waals surface area contributed by atoms with Gasteiger partial charge in [-0.15, -0.1) is 0 Å². The summed E-state index contributed by atoms with van der Waals surface area (Å²) in [5, 5.41) is 10.4. The van der Waals surface area contributed by atoms with E-state index in [1.165, 1.54) is 5.56 Å². The third-order valence-electron chi connectivity index (χ3n) is 4.89. The number of carbonyl (C=O) groups excluding carboxylic acids is 1. The van der Waals surface area contributed by atoms with E-state index in [-0.39, 0.29) is 12.0 Å². The van der Waals surface area contributed by atoms with E-state index in [2.05, 4.69) is 21.9 Å². The molecule has 0 bridgehead atoms. The fourth-order valence-corrected chi connectivity index (χ4v) is 3.42. The molecule has 5 heteroatoms. The standard InChI is InChI=1S/C19H31N3O2/c1-16(23)21(3)18-9-11-22(12-10-18)15-19(24)14-20(2)13-17-7-5-4-6-8-17/h4-8,18-19,24H,9-15H2,1-3H3. The average Bonchev–Trinajstić information content (AvgIpc) is 2.55. The summed E-state index contributed by atoms with van der Waals surface area (Å²) in [5.74, 6) is 0.135. The van der Waals surface area contributed by atoms with Crippen molar-refractivity contribution in [2.24, 2.45) is 0 Å². The number of aliphatic hydroxyl groups excluding tert-OH is 1. The Labute approximate surface area is 145 Å². The summed E-state index contributed by atoms with van der Waals surface area (Å²) in [6.45, 7) is 5.74. The largest absolute Gasteiger partial charge is 0.390 e. The van der Waals surface area contributed by atoms with Gasteiger partial charge in [0.15, 0.2) is 0 Å². The molecule has 134 valence electrons. The molecule has 1 amide bonds. The molecule has 0 spiro atoms. The summed E-state index contributed by atoms with van der Waals surface area (Å²) in [6, 6.07) is 10.7. The fraction of sp³-hybridized carbons (Fsp3) is 0.632. The number of piperidine rings is 1. The monoisotopic (exact) mass is 333 g/mol. The molecule has 1 heterocycles. The van der Waals surface area contributed by atoms with E-state index in [0.29, 0.717) is 19.1 Å². The van der Waals surface area contributed by atoms with Crippen molar-refractivity contribution in [3.8, 4) is 0 Å². The van der Waals surface area contributed by atoms with E-state index in [4.69, 9.17) is 0 Å². The van der Waals surface area contributed by atoms with Crippen LogP contribution in [0.3, 0.4) is 0 Å². The normalized spacial score (nSPS) is 17.9. The Bertz CT molecular complexity index is 501. The lowest BCUT2D eigenvalue weighted by molar-refractivity contribution is -0.130. The van der Waals surface area contributed by atoms with Gasteiger partial charge in [-0.3, -0.25) is 9.69 Å². The Morgan fingerprint density at radius 2 is 1.88 bits per heavy atom. The number of rotatable bonds is 7. The van der Waals surface area contributed by atoms with Gasteiger partial charge in [0.25, 0.3) is 0 Å². The first-order chi connectivity index (χ1) is 11.5. The molecule has 1 N–H and O–H groups in total. The van der Waals surface area contributed by atoms with Gasteiger partial charge < -0.3 is 14.9 Å². The number of carbonyl (C=O) groups is 1. The first kappa shape index (κ1) is 18.9. The number of amides is 1. The lowest BCUT2D eigenvalue weighted by Gasteiger charge is -2.37. The molecule has 1 aliphatic rings. The molecule has 0 radical (unpaired) electrons. The van der Waals surface area contributed by atoms with Crippen molar-refractivity contribution in [3.05, 3.63) is 35.9 Å². The average molecular weight is 333 g/mol. The highest BCUT2D eigenvalue weighted by atomic mass is 16.3. The Hall–Kier alpha value is -1.43. The van der Waals surface area contributed by atoms with Crippen molar-refractivity contribution in [1.82, 2.24) is 14.7 Å². The SMILES string of the molecule is CC(=O)N(C)C1CCN(CC(O)CN(C)Cc2ccccc2)CC1. The van der Waals surface area contributed by atoms with Gasteiger partial charge in [-0.1, -0.05) is 30.3 Å². The van der Waals surface area contributed by atoms with Gasteiger partial charge in [-0.25, -0.2) is 0 Å². The second kappa shape index (κ2) is 9.16. The van der Waals surface area contributed by atoms with Crippen LogP contribution in [0.2, 0.25) is 0 Å². The van der Waals surface area contributed by atoms with E-state index in [0.717, 1.165) is 32.5 Å². The summed E-state index contributed by atoms with van der Waals surface area (Å²) in [7, 11) is 3.93. The smallest absolute Gasteiger partial charge is 0.219 e. The highest BCUT2D eigenvalue weighted by molar-refractivity contribution is 5.73. The summed E-state index contributed by atoms with van der Waals surface area (Å²) in [5.41, 5.74) is 1.26. The minimum absolute atomic E-state index is 0.135. The van der Waals surface area contributed by atoms with Crippen LogP contribution in [0.15, 0.2) is 30.3 Å². The summed E-state index contributed by atoms with van der Waals surface area (Å²) >= 11 is 0. The lowest BCUT2D eigenvalue weighted by atomic mass is 10.0. The first-order valence-electron chi connectivity index (χ1n) is 8.82. The van der Waals surface area contributed by atoms with Gasteiger partial charge in [0.2, 0.25) is 5.91 Å². The molecule has 0 aromatic heterocycles. The van der Waals surface area contributed by atoms with E-state index >= 15 is 0 Å². The zero-order valence-electron chi connectivity index (χ0n) is 15.2. The maximum Gasteiger partial charge on any atom is 0.219 e. The predicted molar refractivity (Wildman–Crippen MR) is 96.7 cm³/mol. The van der Waals surface area contributed by atoms with Crippen LogP contribution in [0.1, 0.15) is 25.3 Å². The minimum atomic E-state index is -0.346. The zero-order valence-corrected chi connectivity index (χ0v) is 15.2. The van der Waals surface area contributed by atoms with Crippen LogP contribution in [0.25, 0.3) is 0 Å². The number of likely N-dealkylation sites (tertiary alicyclic amines) is 1. The first-order valence-corrected chi connectivity index (χ1v) is 8.82. The number of benzene rings is 1. The van der Waals surface area contributed by atoms with Gasteiger partial charge in [-0.05, 0) is 25.5 Å². The summed E-state index contributed by atoms with van der Waals surface area (Å²) < 4.78 is 0. The molecular formula is C19H31N3O2. The second-order valence-electron chi connectivity index (χ2n) is 7.00. The Morgan fingerprint density at radius 1 is 1.25 bits per heavy atom. The molecule has 1 atom stereocenters. The molecule has 1 unspecified atom stereocenters. The van der Waals surface area contributed by atoms with Crippen LogP contribution in [0.4, 0.5) is 0 Å². The molecule has 2 rings (SSSR count). The lowest BCUT2D eigenvalue weighted by Crippen LogP contribution is -2.47. The van der Waals surface area contributed by atoms with Crippen molar-refractivity contribution < 1.29 is 9.90 Å². The number of likely N-dealkylation sites (N-methyl/N-ethyl adjacent to an activating group) is 1. The van der Waals surface area contributed by atoms with E-state index in [9.17, 15) is 9.90 Å². The topological polar surface area (TPSA) is 47.0 Å². The molecule has 1 saturated heterocycles. The van der Waals surface area contributed by atoms with E-state index in [1.807, 2.05) is 37.2 Å². The predicted octanol–water partition coefficient (Wildman–Crippen LogP) is 1.42. The van der Waals surface area contributed by atoms with Crippen LogP contribution >= 0.6 is 0 Å². The summed E-state index contributed by atoms with van der Waals surface area (Å²) in [6.07, 6.45) is 1.63. The van der Waals surface area contributed by atoms with Crippen LogP contribution in [-0.2, 0) is 11.3 Å². The minimum Gasteiger partial charge on any atom is -0.390 e. The molecule has 1 aromatic carbocycles. The number of hydrogen-bond acceptors (Lipinski definition) is 4. The molecule has 0 aliphatic carbocycles. The Balaban J connectivity index is 1.69. The third-order valence-corrected chi connectivity index (χ3v) is 4.89. The van der Waals surface area contributed by atoms with Crippen LogP contribution in [-0.4, -0.2) is 78.1 Å². The van der Waals surface area contributed by atoms with Crippen molar-refractivity contribution >= 4 is 5.91 Å². The molecule has 0 saturated carbocycles. The van der Waals surface area contributed by atoms with Gasteiger partial charge in [-0.2, -0.15) is 0 Å². The van der Waals surface area contributed by atoms with Crippen LogP contribution in [0.5, 0.6) is 0 Å². The van der Waals surface area contributed by atoms with E-state index in [1.54, 1.807) is 6.92 Å². The number of nitrogens with zero attached hydrogens (tertiary/aromatic N) is 3. The van der Waals surface area contributed by atoms with Gasteiger partial charge in [0.1, 0.15) is 0 Å². The molecule has 1 fully saturated rings. The van der Waals surface area contributed by atoms with Crippen molar-refractivity contribution in [2.45, 2.75) is 38.5 Å². The highest BCUT2D eigenvalue weighted by Gasteiger charge is 2.25. The van der Waals surface area contributed by atoms with Crippen LogP contribution in [0, 0.1) is 0 Å². The van der Waals surface area contributed by atoms with Gasteiger partial charge in [0, 0.05) is 52.7 Å². The van der Waals surface area contributed by atoms with Gasteiger partial charge >= 0.3 is 0 Å². The highest BCUT2D eigenvalue weighted by Crippen LogP contribution is 2.16. The van der Waals surface area contributed by atoms with E-state index < -0.39 is 0 Å². The molecular weight excluding hydrogens is 302 g/mol. The quantitative estimate of drug-likeness (QED) is 0.820. The van der Waals surface area contributed by atoms with Crippen molar-refractivity contribution in [2.75, 3.05) is 40.3 Å². The molecule has 24 heavy (non-hydrogen) atoms.